The number of hydrogen-bond acceptors (Lipinski definition) is 5. The zero-order valence-electron chi connectivity index (χ0n) is 12.8. The molecule has 1 unspecified atom stereocenters. The fourth-order valence-electron chi connectivity index (χ4n) is 1.77. The van der Waals surface area contributed by atoms with Crippen LogP contribution in [-0.2, 0) is 4.79 Å². The number of nitrogens with two attached hydrogens (primary N) is 1. The summed E-state index contributed by atoms with van der Waals surface area (Å²) in [7, 11) is 0. The van der Waals surface area contributed by atoms with E-state index in [1.807, 2.05) is 19.9 Å². The van der Waals surface area contributed by atoms with Gasteiger partial charge in [-0.1, -0.05) is 24.6 Å². The van der Waals surface area contributed by atoms with Crippen molar-refractivity contribution >= 4 is 23.6 Å². The van der Waals surface area contributed by atoms with Gasteiger partial charge < -0.3 is 10.8 Å². The van der Waals surface area contributed by atoms with Crippen LogP contribution >= 0.6 is 11.8 Å². The van der Waals surface area contributed by atoms with Gasteiger partial charge in [-0.05, 0) is 37.0 Å². The van der Waals surface area contributed by atoms with Gasteiger partial charge in [0.25, 0.3) is 11.8 Å². The van der Waals surface area contributed by atoms with Crippen LogP contribution in [0.3, 0.4) is 0 Å². The molecule has 0 aliphatic heterocycles. The molecule has 22 heavy (non-hydrogen) atoms. The molecule has 1 aromatic rings. The average Bonchev–Trinajstić information content (AvgIpc) is 2.51. The number of carbonyl (C=O) groups excluding carboxylic acids is 2. The van der Waals surface area contributed by atoms with Crippen molar-refractivity contribution in [3.63, 3.8) is 0 Å². The lowest BCUT2D eigenvalue weighted by Crippen LogP contribution is -2.52. The molecule has 0 aromatic heterocycles. The second-order valence-corrected chi connectivity index (χ2v) is 6.30. The minimum absolute atomic E-state index is 0.429. The molecule has 0 aliphatic rings. The van der Waals surface area contributed by atoms with Crippen molar-refractivity contribution in [1.82, 2.24) is 10.9 Å². The molecule has 0 saturated heterocycles. The smallest absolute Gasteiger partial charge is 0.269 e. The van der Waals surface area contributed by atoms with Crippen LogP contribution in [-0.4, -0.2) is 40.6 Å². The SMILES string of the molecule is CCSCC[C@@H](N)C(O)C(=O)NNC(=O)c1cccc(C)c1. The van der Waals surface area contributed by atoms with Crippen molar-refractivity contribution in [2.45, 2.75) is 32.4 Å². The monoisotopic (exact) mass is 325 g/mol. The Morgan fingerprint density at radius 3 is 2.73 bits per heavy atom. The zero-order valence-corrected chi connectivity index (χ0v) is 13.7. The first-order chi connectivity index (χ1) is 10.5. The molecular formula is C15H23N3O3S. The van der Waals surface area contributed by atoms with Crippen molar-refractivity contribution < 1.29 is 14.7 Å². The Morgan fingerprint density at radius 1 is 1.36 bits per heavy atom. The molecule has 122 valence electrons. The maximum Gasteiger partial charge on any atom is 0.269 e. The highest BCUT2D eigenvalue weighted by Crippen LogP contribution is 2.06. The van der Waals surface area contributed by atoms with Crippen LogP contribution in [0, 0.1) is 6.92 Å². The van der Waals surface area contributed by atoms with Crippen LogP contribution in [0.25, 0.3) is 0 Å². The number of aliphatic hydroxyl groups is 1. The van der Waals surface area contributed by atoms with Crippen LogP contribution in [0.1, 0.15) is 29.3 Å². The predicted octanol–water partition coefficient (Wildman–Crippen LogP) is 0.587. The summed E-state index contributed by atoms with van der Waals surface area (Å²) in [6.07, 6.45) is -0.825. The van der Waals surface area contributed by atoms with Gasteiger partial charge >= 0.3 is 0 Å². The second kappa shape index (κ2) is 9.45. The Labute approximate surface area is 134 Å². The fourth-order valence-corrected chi connectivity index (χ4v) is 2.49. The number of thioether (sulfide) groups is 1. The van der Waals surface area contributed by atoms with Crippen molar-refractivity contribution in [3.8, 4) is 0 Å². The first-order valence-electron chi connectivity index (χ1n) is 7.14. The molecule has 0 aliphatic carbocycles. The van der Waals surface area contributed by atoms with E-state index >= 15 is 0 Å². The molecule has 0 saturated carbocycles. The summed E-state index contributed by atoms with van der Waals surface area (Å²) in [5.74, 6) is 0.577. The van der Waals surface area contributed by atoms with E-state index in [2.05, 4.69) is 10.9 Å². The molecule has 0 radical (unpaired) electrons. The lowest BCUT2D eigenvalue weighted by molar-refractivity contribution is -0.131. The summed E-state index contributed by atoms with van der Waals surface area (Å²) < 4.78 is 0. The standard InChI is InChI=1S/C15H23N3O3S/c1-3-22-8-7-12(16)13(19)15(21)18-17-14(20)11-6-4-5-10(2)9-11/h4-6,9,12-13,19H,3,7-8,16H2,1-2H3,(H,17,20)(H,18,21)/t12-,13?/m1/s1. The first kappa shape index (κ1) is 18.5. The van der Waals surface area contributed by atoms with Crippen molar-refractivity contribution in [1.29, 1.82) is 0 Å². The van der Waals surface area contributed by atoms with E-state index in [4.69, 9.17) is 5.73 Å². The van der Waals surface area contributed by atoms with Gasteiger partial charge in [0.1, 0.15) is 6.10 Å². The molecular weight excluding hydrogens is 302 g/mol. The molecule has 0 spiro atoms. The number of hydrogen-bond donors (Lipinski definition) is 4. The summed E-state index contributed by atoms with van der Waals surface area (Å²) in [6, 6.07) is 6.30. The number of aliphatic hydroxyl groups excluding tert-OH is 1. The number of amides is 2. The zero-order chi connectivity index (χ0) is 16.5. The Balaban J connectivity index is 2.42. The highest BCUT2D eigenvalue weighted by Gasteiger charge is 2.23. The Bertz CT molecular complexity index is 511. The van der Waals surface area contributed by atoms with Gasteiger partial charge in [-0.2, -0.15) is 11.8 Å². The molecule has 0 bridgehead atoms. The molecule has 1 aromatic carbocycles. The van der Waals surface area contributed by atoms with Gasteiger partial charge in [0, 0.05) is 11.6 Å². The van der Waals surface area contributed by atoms with Crippen LogP contribution in [0.4, 0.5) is 0 Å². The lowest BCUT2D eigenvalue weighted by atomic mass is 10.1. The largest absolute Gasteiger partial charge is 0.382 e. The van der Waals surface area contributed by atoms with Gasteiger partial charge in [0.2, 0.25) is 0 Å². The Hall–Kier alpha value is -1.57. The van der Waals surface area contributed by atoms with Gasteiger partial charge in [0.05, 0.1) is 0 Å². The van der Waals surface area contributed by atoms with Gasteiger partial charge in [-0.15, -0.1) is 0 Å². The van der Waals surface area contributed by atoms with E-state index in [-0.39, 0.29) is 0 Å². The van der Waals surface area contributed by atoms with Crippen LogP contribution in [0.5, 0.6) is 0 Å². The van der Waals surface area contributed by atoms with E-state index in [0.29, 0.717) is 12.0 Å². The summed E-state index contributed by atoms with van der Waals surface area (Å²) in [4.78, 5) is 23.6. The third-order valence-electron chi connectivity index (χ3n) is 3.05. The van der Waals surface area contributed by atoms with Crippen LogP contribution in [0.2, 0.25) is 0 Å². The minimum Gasteiger partial charge on any atom is -0.382 e. The van der Waals surface area contributed by atoms with Crippen molar-refractivity contribution in [2.24, 2.45) is 5.73 Å². The first-order valence-corrected chi connectivity index (χ1v) is 8.29. The number of nitrogens with one attached hydrogen (secondary N) is 2. The predicted molar refractivity (Wildman–Crippen MR) is 88.4 cm³/mol. The van der Waals surface area contributed by atoms with Gasteiger partial charge in [0.15, 0.2) is 0 Å². The summed E-state index contributed by atoms with van der Waals surface area (Å²) in [6.45, 7) is 3.90. The fraction of sp³-hybridized carbons (Fsp3) is 0.467. The average molecular weight is 325 g/mol. The summed E-state index contributed by atoms with van der Waals surface area (Å²) in [5, 5.41) is 9.82. The molecule has 5 N–H and O–H groups in total. The third kappa shape index (κ3) is 6.05. The molecule has 0 fully saturated rings. The summed E-state index contributed by atoms with van der Waals surface area (Å²) >= 11 is 1.69. The van der Waals surface area contributed by atoms with Crippen molar-refractivity contribution in [3.05, 3.63) is 35.4 Å². The van der Waals surface area contributed by atoms with E-state index in [0.717, 1.165) is 17.1 Å². The van der Waals surface area contributed by atoms with E-state index in [1.165, 1.54) is 0 Å². The Kier molecular flexibility index (Phi) is 7.94. The van der Waals surface area contributed by atoms with E-state index in [1.54, 1.807) is 30.0 Å². The molecule has 0 heterocycles. The molecule has 2 amide bonds. The number of benzene rings is 1. The van der Waals surface area contributed by atoms with Crippen molar-refractivity contribution in [2.75, 3.05) is 11.5 Å². The normalized spacial score (nSPS) is 13.3. The topological polar surface area (TPSA) is 104 Å². The molecule has 2 atom stereocenters. The van der Waals surface area contributed by atoms with Crippen LogP contribution < -0.4 is 16.6 Å². The molecule has 6 nitrogen and oxygen atoms in total. The number of aryl methyl sites for hydroxylation is 1. The van der Waals surface area contributed by atoms with Crippen LogP contribution in [0.15, 0.2) is 24.3 Å². The Morgan fingerprint density at radius 2 is 2.09 bits per heavy atom. The number of hydrazine groups is 1. The van der Waals surface area contributed by atoms with E-state index < -0.39 is 24.0 Å². The maximum absolute atomic E-state index is 11.9. The highest BCUT2D eigenvalue weighted by atomic mass is 32.2. The summed E-state index contributed by atoms with van der Waals surface area (Å²) in [5.41, 5.74) is 11.6. The number of rotatable bonds is 7. The molecule has 1 rings (SSSR count). The van der Waals surface area contributed by atoms with E-state index in [9.17, 15) is 14.7 Å². The number of carbonyl (C=O) groups is 2. The van der Waals surface area contributed by atoms with Gasteiger partial charge in [-0.3, -0.25) is 20.4 Å². The second-order valence-electron chi connectivity index (χ2n) is 4.91. The highest BCUT2D eigenvalue weighted by molar-refractivity contribution is 7.99. The lowest BCUT2D eigenvalue weighted by Gasteiger charge is -2.18. The van der Waals surface area contributed by atoms with Gasteiger partial charge in [-0.25, -0.2) is 0 Å². The quantitative estimate of drug-likeness (QED) is 0.434. The maximum atomic E-state index is 11.9. The minimum atomic E-state index is -1.35. The third-order valence-corrected chi connectivity index (χ3v) is 3.99. The molecule has 7 heteroatoms.